The average Bonchev–Trinajstić information content (AvgIpc) is 3.37. The number of H-pyrrole nitrogens is 1. The number of nitrogens with one attached hydrogen (secondary N) is 1. The first kappa shape index (κ1) is 17.0. The smallest absolute Gasteiger partial charge is 0.137 e. The molecule has 136 valence electrons. The topological polar surface area (TPSA) is 58.0 Å². The van der Waals surface area contributed by atoms with Gasteiger partial charge in [-0.3, -0.25) is 10.00 Å². The molecule has 0 aliphatic carbocycles. The SMILES string of the molecule is CCCc1cc([C@H]2CCCN2Cc2cn[nH]c2-c2ccc(F)cc2)no1. The van der Waals surface area contributed by atoms with E-state index in [1.807, 2.05) is 6.20 Å². The van der Waals surface area contributed by atoms with Crippen molar-refractivity contribution in [1.29, 1.82) is 0 Å². The largest absolute Gasteiger partial charge is 0.361 e. The van der Waals surface area contributed by atoms with Crippen LogP contribution in [0.2, 0.25) is 0 Å². The highest BCUT2D eigenvalue weighted by molar-refractivity contribution is 5.62. The molecule has 26 heavy (non-hydrogen) atoms. The Bertz CT molecular complexity index is 855. The molecule has 0 spiro atoms. The number of aromatic amines is 1. The van der Waals surface area contributed by atoms with E-state index in [9.17, 15) is 4.39 Å². The Hall–Kier alpha value is -2.47. The molecule has 5 nitrogen and oxygen atoms in total. The molecule has 1 fully saturated rings. The van der Waals surface area contributed by atoms with Crippen molar-refractivity contribution in [2.45, 2.75) is 45.2 Å². The van der Waals surface area contributed by atoms with Gasteiger partial charge < -0.3 is 4.52 Å². The lowest BCUT2D eigenvalue weighted by Crippen LogP contribution is -2.23. The number of aryl methyl sites for hydroxylation is 1. The minimum Gasteiger partial charge on any atom is -0.361 e. The van der Waals surface area contributed by atoms with Crippen LogP contribution in [0.25, 0.3) is 11.3 Å². The second kappa shape index (κ2) is 7.41. The molecular formula is C20H23FN4O. The summed E-state index contributed by atoms with van der Waals surface area (Å²) in [7, 11) is 0. The van der Waals surface area contributed by atoms with Crippen molar-refractivity contribution in [3.63, 3.8) is 0 Å². The Kier molecular flexibility index (Phi) is 4.84. The Morgan fingerprint density at radius 2 is 2.15 bits per heavy atom. The van der Waals surface area contributed by atoms with Gasteiger partial charge in [0.25, 0.3) is 0 Å². The van der Waals surface area contributed by atoms with E-state index in [2.05, 4.69) is 33.2 Å². The van der Waals surface area contributed by atoms with E-state index < -0.39 is 0 Å². The first-order chi connectivity index (χ1) is 12.7. The van der Waals surface area contributed by atoms with Crippen LogP contribution >= 0.6 is 0 Å². The van der Waals surface area contributed by atoms with Crippen LogP contribution < -0.4 is 0 Å². The van der Waals surface area contributed by atoms with Gasteiger partial charge in [0.1, 0.15) is 17.3 Å². The number of likely N-dealkylation sites (tertiary alicyclic amines) is 1. The molecule has 2 aromatic heterocycles. The Balaban J connectivity index is 1.53. The lowest BCUT2D eigenvalue weighted by atomic mass is 10.1. The Morgan fingerprint density at radius 3 is 2.96 bits per heavy atom. The number of hydrogen-bond acceptors (Lipinski definition) is 4. The highest BCUT2D eigenvalue weighted by Crippen LogP contribution is 2.34. The quantitative estimate of drug-likeness (QED) is 0.708. The third kappa shape index (κ3) is 3.42. The third-order valence-corrected chi connectivity index (χ3v) is 5.00. The molecule has 0 saturated carbocycles. The van der Waals surface area contributed by atoms with Crippen LogP contribution in [0.4, 0.5) is 4.39 Å². The second-order valence-corrected chi connectivity index (χ2v) is 6.87. The summed E-state index contributed by atoms with van der Waals surface area (Å²) in [5.41, 5.74) is 4.03. The van der Waals surface area contributed by atoms with Crippen LogP contribution in [0.3, 0.4) is 0 Å². The summed E-state index contributed by atoms with van der Waals surface area (Å²) < 4.78 is 18.7. The molecule has 0 bridgehead atoms. The minimum absolute atomic E-state index is 0.233. The van der Waals surface area contributed by atoms with Gasteiger partial charge in [-0.1, -0.05) is 12.1 Å². The maximum atomic E-state index is 13.2. The zero-order valence-electron chi connectivity index (χ0n) is 14.9. The summed E-state index contributed by atoms with van der Waals surface area (Å²) in [5, 5.41) is 11.6. The van der Waals surface area contributed by atoms with E-state index in [1.54, 1.807) is 12.1 Å². The van der Waals surface area contributed by atoms with Crippen molar-refractivity contribution in [2.75, 3.05) is 6.54 Å². The Morgan fingerprint density at radius 1 is 1.31 bits per heavy atom. The average molecular weight is 354 g/mol. The van der Waals surface area contributed by atoms with Gasteiger partial charge in [-0.25, -0.2) is 4.39 Å². The Labute approximate surface area is 152 Å². The zero-order chi connectivity index (χ0) is 17.9. The predicted octanol–water partition coefficient (Wildman–Crippen LogP) is 4.49. The fraction of sp³-hybridized carbons (Fsp3) is 0.400. The monoisotopic (exact) mass is 354 g/mol. The maximum absolute atomic E-state index is 13.2. The van der Waals surface area contributed by atoms with Gasteiger partial charge in [0.2, 0.25) is 0 Å². The lowest BCUT2D eigenvalue weighted by Gasteiger charge is -2.22. The number of aromatic nitrogens is 3. The summed E-state index contributed by atoms with van der Waals surface area (Å²) >= 11 is 0. The standard InChI is InChI=1S/C20H23FN4O/c1-2-4-17-11-18(24-26-17)19-5-3-10-25(19)13-15-12-22-23-20(15)14-6-8-16(21)9-7-14/h6-9,11-12,19H,2-5,10,13H2,1H3,(H,22,23)/t19-/m1/s1. The normalized spacial score (nSPS) is 17.8. The van der Waals surface area contributed by atoms with Gasteiger partial charge in [-0.15, -0.1) is 0 Å². The molecule has 6 heteroatoms. The molecule has 1 aliphatic heterocycles. The summed E-state index contributed by atoms with van der Waals surface area (Å²) in [6, 6.07) is 8.89. The summed E-state index contributed by atoms with van der Waals surface area (Å²) in [4.78, 5) is 2.42. The number of benzene rings is 1. The second-order valence-electron chi connectivity index (χ2n) is 6.87. The highest BCUT2D eigenvalue weighted by Gasteiger charge is 2.29. The van der Waals surface area contributed by atoms with Crippen LogP contribution in [0, 0.1) is 5.82 Å². The fourth-order valence-corrected chi connectivity index (χ4v) is 3.72. The van der Waals surface area contributed by atoms with E-state index in [4.69, 9.17) is 4.52 Å². The molecule has 4 rings (SSSR count). The highest BCUT2D eigenvalue weighted by atomic mass is 19.1. The van der Waals surface area contributed by atoms with Gasteiger partial charge in [0.05, 0.1) is 17.9 Å². The van der Waals surface area contributed by atoms with Crippen LogP contribution in [0.1, 0.15) is 49.2 Å². The molecule has 1 N–H and O–H groups in total. The van der Waals surface area contributed by atoms with Gasteiger partial charge in [-0.2, -0.15) is 5.10 Å². The van der Waals surface area contributed by atoms with Crippen LogP contribution in [-0.4, -0.2) is 26.8 Å². The molecule has 0 unspecified atom stereocenters. The van der Waals surface area contributed by atoms with Crippen molar-refractivity contribution in [3.05, 3.63) is 59.4 Å². The molecular weight excluding hydrogens is 331 g/mol. The molecule has 3 aromatic rings. The third-order valence-electron chi connectivity index (χ3n) is 5.00. The number of nitrogens with zero attached hydrogens (tertiary/aromatic N) is 3. The maximum Gasteiger partial charge on any atom is 0.137 e. The molecule has 1 aliphatic rings. The van der Waals surface area contributed by atoms with Crippen LogP contribution in [0.5, 0.6) is 0 Å². The molecule has 1 aromatic carbocycles. The fourth-order valence-electron chi connectivity index (χ4n) is 3.72. The van der Waals surface area contributed by atoms with Crippen molar-refractivity contribution in [3.8, 4) is 11.3 Å². The summed E-state index contributed by atoms with van der Waals surface area (Å²) in [6.07, 6.45) is 6.07. The van der Waals surface area contributed by atoms with Crippen LogP contribution in [-0.2, 0) is 13.0 Å². The van der Waals surface area contributed by atoms with Crippen molar-refractivity contribution < 1.29 is 8.91 Å². The van der Waals surface area contributed by atoms with Gasteiger partial charge in [0.15, 0.2) is 0 Å². The van der Waals surface area contributed by atoms with Gasteiger partial charge in [0, 0.05) is 30.2 Å². The van der Waals surface area contributed by atoms with Gasteiger partial charge in [-0.05, 0) is 50.1 Å². The van der Waals surface area contributed by atoms with Crippen molar-refractivity contribution in [2.24, 2.45) is 0 Å². The summed E-state index contributed by atoms with van der Waals surface area (Å²) in [6.45, 7) is 3.94. The minimum atomic E-state index is -0.233. The first-order valence-corrected chi connectivity index (χ1v) is 9.22. The number of halogens is 1. The molecule has 0 radical (unpaired) electrons. The molecule has 0 amide bonds. The van der Waals surface area contributed by atoms with Crippen molar-refractivity contribution >= 4 is 0 Å². The molecule has 1 atom stereocenters. The molecule has 1 saturated heterocycles. The van der Waals surface area contributed by atoms with E-state index in [0.29, 0.717) is 0 Å². The molecule has 3 heterocycles. The van der Waals surface area contributed by atoms with Crippen molar-refractivity contribution in [1.82, 2.24) is 20.3 Å². The first-order valence-electron chi connectivity index (χ1n) is 9.22. The number of rotatable bonds is 6. The number of hydrogen-bond donors (Lipinski definition) is 1. The lowest BCUT2D eigenvalue weighted by molar-refractivity contribution is 0.236. The predicted molar refractivity (Wildman–Crippen MR) is 96.9 cm³/mol. The summed E-state index contributed by atoms with van der Waals surface area (Å²) in [5.74, 6) is 0.730. The van der Waals surface area contributed by atoms with Gasteiger partial charge >= 0.3 is 0 Å². The zero-order valence-corrected chi connectivity index (χ0v) is 14.9. The van der Waals surface area contributed by atoms with E-state index >= 15 is 0 Å². The van der Waals surface area contributed by atoms with Crippen LogP contribution in [0.15, 0.2) is 41.1 Å². The van der Waals surface area contributed by atoms with E-state index in [0.717, 1.165) is 67.0 Å². The van der Waals surface area contributed by atoms with E-state index in [-0.39, 0.29) is 11.9 Å². The van der Waals surface area contributed by atoms with E-state index in [1.165, 1.54) is 12.1 Å².